The molecule has 1 aliphatic carbocycles. The van der Waals surface area contributed by atoms with Crippen LogP contribution >= 0.6 is 11.6 Å². The van der Waals surface area contributed by atoms with Crippen molar-refractivity contribution >= 4 is 17.5 Å². The largest absolute Gasteiger partial charge is 0.330 e. The van der Waals surface area contributed by atoms with Crippen LogP contribution in [0.1, 0.15) is 47.3 Å². The lowest BCUT2D eigenvalue weighted by atomic mass is 9.68. The summed E-state index contributed by atoms with van der Waals surface area (Å²) in [5.74, 6) is -0.0787. The van der Waals surface area contributed by atoms with E-state index in [2.05, 4.69) is 28.4 Å². The zero-order valence-electron chi connectivity index (χ0n) is 17.5. The van der Waals surface area contributed by atoms with E-state index in [1.165, 1.54) is 5.56 Å². The Kier molecular flexibility index (Phi) is 6.64. The van der Waals surface area contributed by atoms with Gasteiger partial charge in [0.05, 0.1) is 0 Å². The topological polar surface area (TPSA) is 72.1 Å². The van der Waals surface area contributed by atoms with Gasteiger partial charge in [-0.05, 0) is 61.1 Å². The average Bonchev–Trinajstić information content (AvgIpc) is 2.83. The van der Waals surface area contributed by atoms with Gasteiger partial charge < -0.3 is 10.6 Å². The highest BCUT2D eigenvalue weighted by Crippen LogP contribution is 2.41. The van der Waals surface area contributed by atoms with Crippen LogP contribution in [0.25, 0.3) is 0 Å². The number of carbonyl (C=O) groups is 1. The second-order valence-corrected chi connectivity index (χ2v) is 8.69. The van der Waals surface area contributed by atoms with E-state index < -0.39 is 0 Å². The monoisotopic (exact) mass is 434 g/mol. The molecule has 3 aromatic rings. The van der Waals surface area contributed by atoms with Gasteiger partial charge in [-0.1, -0.05) is 54.1 Å². The van der Waals surface area contributed by atoms with Gasteiger partial charge in [-0.15, -0.1) is 5.10 Å². The second-order valence-electron chi connectivity index (χ2n) is 8.25. The Morgan fingerprint density at radius 3 is 2.48 bits per heavy atom. The zero-order chi connectivity index (χ0) is 21.7. The van der Waals surface area contributed by atoms with Crippen molar-refractivity contribution in [3.8, 4) is 0 Å². The van der Waals surface area contributed by atoms with Crippen molar-refractivity contribution in [1.29, 1.82) is 0 Å². The summed E-state index contributed by atoms with van der Waals surface area (Å²) in [6, 6.07) is 21.7. The van der Waals surface area contributed by atoms with Crippen LogP contribution in [-0.2, 0) is 12.0 Å². The van der Waals surface area contributed by atoms with E-state index in [0.717, 1.165) is 36.3 Å². The van der Waals surface area contributed by atoms with E-state index in [0.29, 0.717) is 18.8 Å². The normalized spacial score (nSPS) is 20.9. The first kappa shape index (κ1) is 21.5. The maximum atomic E-state index is 13.4. The van der Waals surface area contributed by atoms with Gasteiger partial charge in [-0.25, -0.2) is 0 Å². The Labute approximate surface area is 188 Å². The van der Waals surface area contributed by atoms with Crippen molar-refractivity contribution in [2.45, 2.75) is 43.7 Å². The van der Waals surface area contributed by atoms with Crippen LogP contribution in [0.2, 0.25) is 5.02 Å². The first-order valence-electron chi connectivity index (χ1n) is 10.7. The number of amides is 1. The number of aromatic nitrogens is 2. The van der Waals surface area contributed by atoms with E-state index in [1.54, 1.807) is 18.3 Å². The van der Waals surface area contributed by atoms with Crippen molar-refractivity contribution in [3.63, 3.8) is 0 Å². The molecule has 0 unspecified atom stereocenters. The van der Waals surface area contributed by atoms with Crippen LogP contribution < -0.4 is 5.73 Å². The lowest BCUT2D eigenvalue weighted by molar-refractivity contribution is 0.0565. The van der Waals surface area contributed by atoms with Gasteiger partial charge in [-0.2, -0.15) is 5.10 Å². The second kappa shape index (κ2) is 9.58. The van der Waals surface area contributed by atoms with Crippen molar-refractivity contribution in [3.05, 3.63) is 94.8 Å². The van der Waals surface area contributed by atoms with Crippen molar-refractivity contribution < 1.29 is 4.79 Å². The van der Waals surface area contributed by atoms with Crippen LogP contribution in [0, 0.1) is 0 Å². The Morgan fingerprint density at radius 2 is 1.84 bits per heavy atom. The highest BCUT2D eigenvalue weighted by Gasteiger charge is 2.39. The predicted molar refractivity (Wildman–Crippen MR) is 123 cm³/mol. The summed E-state index contributed by atoms with van der Waals surface area (Å²) in [5.41, 5.74) is 8.84. The molecule has 0 bridgehead atoms. The minimum atomic E-state index is -0.102. The third kappa shape index (κ3) is 4.78. The molecule has 1 saturated carbocycles. The van der Waals surface area contributed by atoms with E-state index in [-0.39, 0.29) is 17.4 Å². The van der Waals surface area contributed by atoms with Gasteiger partial charge in [0, 0.05) is 35.8 Å². The molecule has 160 valence electrons. The number of hydrogen-bond acceptors (Lipinski definition) is 4. The molecule has 0 spiro atoms. The first-order chi connectivity index (χ1) is 15.1. The highest BCUT2D eigenvalue weighted by molar-refractivity contribution is 6.30. The molecule has 5 nitrogen and oxygen atoms in total. The first-order valence-corrected chi connectivity index (χ1v) is 11.1. The molecule has 2 N–H and O–H groups in total. The maximum absolute atomic E-state index is 13.4. The summed E-state index contributed by atoms with van der Waals surface area (Å²) in [4.78, 5) is 15.3. The lowest BCUT2D eigenvalue weighted by Crippen LogP contribution is -2.47. The number of hydrogen-bond donors (Lipinski definition) is 1. The molecule has 1 aromatic heterocycles. The lowest BCUT2D eigenvalue weighted by Gasteiger charge is -2.43. The Balaban J connectivity index is 1.57. The smallest absolute Gasteiger partial charge is 0.274 e. The quantitative estimate of drug-likeness (QED) is 0.614. The van der Waals surface area contributed by atoms with Crippen LogP contribution in [0.4, 0.5) is 0 Å². The standard InChI is InChI=1S/C25H27ClN4O/c26-21-9-4-8-20(16-21)25(18-27)13-11-22(12-14-25)30(17-19-6-2-1-3-7-19)24(31)23-10-5-15-28-29-23/h1-10,15-16,22H,11-14,17-18,27H2/t22-,25-. The molecule has 0 atom stereocenters. The Hall–Kier alpha value is -2.76. The SMILES string of the molecule is NC[C@]1(c2cccc(Cl)c2)CC[C@H](N(Cc2ccccc2)C(=O)c2cccnn2)CC1. The molecule has 6 heteroatoms. The van der Waals surface area contributed by atoms with Crippen molar-refractivity contribution in [2.75, 3.05) is 6.54 Å². The minimum absolute atomic E-state index is 0.0787. The van der Waals surface area contributed by atoms with Crippen molar-refractivity contribution in [1.82, 2.24) is 15.1 Å². The molecule has 0 radical (unpaired) electrons. The summed E-state index contributed by atoms with van der Waals surface area (Å²) < 4.78 is 0. The van der Waals surface area contributed by atoms with Crippen LogP contribution in [0.15, 0.2) is 72.9 Å². The molecule has 2 aromatic carbocycles. The molecule has 4 rings (SSSR count). The molecule has 1 aliphatic rings. The summed E-state index contributed by atoms with van der Waals surface area (Å²) in [5, 5.41) is 8.69. The summed E-state index contributed by atoms with van der Waals surface area (Å²) >= 11 is 6.26. The van der Waals surface area contributed by atoms with E-state index in [9.17, 15) is 4.79 Å². The number of rotatable bonds is 6. The number of nitrogens with two attached hydrogens (primary N) is 1. The van der Waals surface area contributed by atoms with Gasteiger partial charge in [0.15, 0.2) is 5.69 Å². The molecule has 0 aliphatic heterocycles. The van der Waals surface area contributed by atoms with Gasteiger partial charge in [0.1, 0.15) is 0 Å². The summed E-state index contributed by atoms with van der Waals surface area (Å²) in [6.07, 6.45) is 5.16. The third-order valence-electron chi connectivity index (χ3n) is 6.43. The fraction of sp³-hybridized carbons (Fsp3) is 0.320. The fourth-order valence-corrected chi connectivity index (χ4v) is 4.80. The van der Waals surface area contributed by atoms with E-state index in [4.69, 9.17) is 17.3 Å². The number of nitrogens with zero attached hydrogens (tertiary/aromatic N) is 3. The molecule has 0 saturated heterocycles. The van der Waals surface area contributed by atoms with Crippen LogP contribution in [0.5, 0.6) is 0 Å². The molecule has 31 heavy (non-hydrogen) atoms. The van der Waals surface area contributed by atoms with Gasteiger partial charge in [0.2, 0.25) is 0 Å². The fourth-order valence-electron chi connectivity index (χ4n) is 4.61. The molecule has 1 fully saturated rings. The van der Waals surface area contributed by atoms with E-state index in [1.807, 2.05) is 41.3 Å². The maximum Gasteiger partial charge on any atom is 0.274 e. The molecule has 1 heterocycles. The Bertz CT molecular complexity index is 1000. The average molecular weight is 435 g/mol. The van der Waals surface area contributed by atoms with E-state index >= 15 is 0 Å². The number of halogens is 1. The van der Waals surface area contributed by atoms with Crippen LogP contribution in [0.3, 0.4) is 0 Å². The Morgan fingerprint density at radius 1 is 1.06 bits per heavy atom. The van der Waals surface area contributed by atoms with Gasteiger partial charge in [-0.3, -0.25) is 4.79 Å². The number of benzene rings is 2. The van der Waals surface area contributed by atoms with Gasteiger partial charge in [0.25, 0.3) is 5.91 Å². The molecular weight excluding hydrogens is 408 g/mol. The highest BCUT2D eigenvalue weighted by atomic mass is 35.5. The van der Waals surface area contributed by atoms with Crippen LogP contribution in [-0.4, -0.2) is 33.6 Å². The predicted octanol–water partition coefficient (Wildman–Crippen LogP) is 4.61. The van der Waals surface area contributed by atoms with Gasteiger partial charge >= 0.3 is 0 Å². The molecular formula is C25H27ClN4O. The summed E-state index contributed by atoms with van der Waals surface area (Å²) in [7, 11) is 0. The zero-order valence-corrected chi connectivity index (χ0v) is 18.2. The minimum Gasteiger partial charge on any atom is -0.330 e. The van der Waals surface area contributed by atoms with Crippen molar-refractivity contribution in [2.24, 2.45) is 5.73 Å². The third-order valence-corrected chi connectivity index (χ3v) is 6.66. The summed E-state index contributed by atoms with van der Waals surface area (Å²) in [6.45, 7) is 1.12. The number of carbonyl (C=O) groups excluding carboxylic acids is 1. The molecule has 1 amide bonds.